The van der Waals surface area contributed by atoms with Crippen molar-refractivity contribution in [2.24, 2.45) is 0 Å². The number of hydrogen-bond donors (Lipinski definition) is 0. The van der Waals surface area contributed by atoms with Gasteiger partial charge in [-0.05, 0) is 27.8 Å². The van der Waals surface area contributed by atoms with Crippen LogP contribution in [0.15, 0.2) is 158 Å². The molecule has 3 heteroatoms. The van der Waals surface area contributed by atoms with Gasteiger partial charge in [-0.15, -0.1) is 0 Å². The summed E-state index contributed by atoms with van der Waals surface area (Å²) < 4.78 is 0. The molecule has 0 bridgehead atoms. The average Bonchev–Trinajstić information content (AvgIpc) is 3.48. The van der Waals surface area contributed by atoms with Crippen LogP contribution < -0.4 is 0 Å². The quantitative estimate of drug-likeness (QED) is 0.199. The molecule has 190 valence electrons. The summed E-state index contributed by atoms with van der Waals surface area (Å²) in [7, 11) is 0. The van der Waals surface area contributed by atoms with E-state index in [2.05, 4.69) is 101 Å². The normalized spacial score (nSPS) is 14.3. The molecule has 1 aliphatic heterocycles. The SMILES string of the molecule is O=C(c1ccccc1)C(c1ccccc1)N1C=CN(C(c2ccccc2)c2ccc(-c3ccccc3)cc2)C1. The molecule has 0 fully saturated rings. The van der Waals surface area contributed by atoms with Crippen LogP contribution in [0.3, 0.4) is 0 Å². The lowest BCUT2D eigenvalue weighted by Gasteiger charge is -2.33. The lowest BCUT2D eigenvalue weighted by molar-refractivity contribution is 0.0841. The van der Waals surface area contributed by atoms with Crippen molar-refractivity contribution < 1.29 is 4.79 Å². The van der Waals surface area contributed by atoms with Gasteiger partial charge in [0.05, 0.1) is 12.7 Å². The van der Waals surface area contributed by atoms with Gasteiger partial charge in [0, 0.05) is 18.0 Å². The number of rotatable bonds is 8. The van der Waals surface area contributed by atoms with Crippen LogP contribution in [0.25, 0.3) is 11.1 Å². The third-order valence-corrected chi connectivity index (χ3v) is 7.31. The minimum Gasteiger partial charge on any atom is -0.348 e. The molecule has 1 aliphatic rings. The van der Waals surface area contributed by atoms with Gasteiger partial charge in [-0.25, -0.2) is 0 Å². The summed E-state index contributed by atoms with van der Waals surface area (Å²) in [5, 5.41) is 0. The first kappa shape index (κ1) is 24.4. The average molecular weight is 507 g/mol. The van der Waals surface area contributed by atoms with E-state index in [1.54, 1.807) is 0 Å². The largest absolute Gasteiger partial charge is 0.348 e. The summed E-state index contributed by atoms with van der Waals surface area (Å²) >= 11 is 0. The molecule has 0 aliphatic carbocycles. The Morgan fingerprint density at radius 3 is 1.56 bits per heavy atom. The highest BCUT2D eigenvalue weighted by molar-refractivity contribution is 6.00. The zero-order valence-electron chi connectivity index (χ0n) is 21.7. The third-order valence-electron chi connectivity index (χ3n) is 7.31. The Kier molecular flexibility index (Phi) is 7.05. The number of carbonyl (C=O) groups excluding carboxylic acids is 1. The Hall–Kier alpha value is -4.89. The molecule has 2 unspecified atom stereocenters. The van der Waals surface area contributed by atoms with Gasteiger partial charge in [0.15, 0.2) is 5.78 Å². The number of nitrogens with zero attached hydrogens (tertiary/aromatic N) is 2. The second-order valence-electron chi connectivity index (χ2n) is 9.81. The summed E-state index contributed by atoms with van der Waals surface area (Å²) in [6.07, 6.45) is 4.18. The monoisotopic (exact) mass is 506 g/mol. The highest BCUT2D eigenvalue weighted by Crippen LogP contribution is 2.36. The number of Topliss-reactive ketones (excluding diaryl/α,β-unsaturated/α-hetero) is 1. The Balaban J connectivity index is 1.32. The number of carbonyl (C=O) groups is 1. The molecular formula is C36H30N2O. The second-order valence-corrected chi connectivity index (χ2v) is 9.81. The van der Waals surface area contributed by atoms with Crippen LogP contribution in [-0.4, -0.2) is 22.3 Å². The highest BCUT2D eigenvalue weighted by Gasteiger charge is 2.32. The zero-order chi connectivity index (χ0) is 26.4. The van der Waals surface area contributed by atoms with Crippen LogP contribution in [0.2, 0.25) is 0 Å². The van der Waals surface area contributed by atoms with Gasteiger partial charge >= 0.3 is 0 Å². The lowest BCUT2D eigenvalue weighted by atomic mass is 9.95. The Bertz CT molecular complexity index is 1530. The molecule has 3 nitrogen and oxygen atoms in total. The van der Waals surface area contributed by atoms with E-state index in [1.807, 2.05) is 66.7 Å². The van der Waals surface area contributed by atoms with E-state index in [-0.39, 0.29) is 11.8 Å². The van der Waals surface area contributed by atoms with Crippen molar-refractivity contribution in [1.29, 1.82) is 0 Å². The summed E-state index contributed by atoms with van der Waals surface area (Å²) in [4.78, 5) is 18.3. The molecule has 0 saturated carbocycles. The standard InChI is InChI=1S/C36H30N2O/c39-36(33-19-11-4-12-20-33)35(31-17-9-3-10-18-31)38-26-25-37(27-38)34(30-15-7-2-8-16-30)32-23-21-29(22-24-32)28-13-5-1-6-14-28/h1-26,34-35H,27H2. The molecule has 5 aromatic rings. The summed E-state index contributed by atoms with van der Waals surface area (Å²) in [5.74, 6) is 0.0942. The Morgan fingerprint density at radius 2 is 0.949 bits per heavy atom. The molecule has 6 rings (SSSR count). The zero-order valence-corrected chi connectivity index (χ0v) is 21.7. The van der Waals surface area contributed by atoms with E-state index in [0.717, 1.165) is 5.56 Å². The number of ketones is 1. The first-order valence-electron chi connectivity index (χ1n) is 13.3. The predicted molar refractivity (Wildman–Crippen MR) is 158 cm³/mol. The van der Waals surface area contributed by atoms with Crippen molar-refractivity contribution in [3.05, 3.63) is 180 Å². The fourth-order valence-electron chi connectivity index (χ4n) is 5.38. The van der Waals surface area contributed by atoms with Crippen molar-refractivity contribution in [3.8, 4) is 11.1 Å². The molecule has 39 heavy (non-hydrogen) atoms. The van der Waals surface area contributed by atoms with Crippen LogP contribution in [0, 0.1) is 0 Å². The van der Waals surface area contributed by atoms with E-state index in [9.17, 15) is 4.79 Å². The van der Waals surface area contributed by atoms with Gasteiger partial charge in [0.25, 0.3) is 0 Å². The van der Waals surface area contributed by atoms with E-state index in [0.29, 0.717) is 12.2 Å². The van der Waals surface area contributed by atoms with Gasteiger partial charge < -0.3 is 9.80 Å². The van der Waals surface area contributed by atoms with Crippen LogP contribution in [0.1, 0.15) is 39.1 Å². The number of hydrogen-bond acceptors (Lipinski definition) is 3. The van der Waals surface area contributed by atoms with Gasteiger partial charge in [-0.2, -0.15) is 0 Å². The van der Waals surface area contributed by atoms with Crippen molar-refractivity contribution in [3.63, 3.8) is 0 Å². The maximum atomic E-state index is 13.8. The van der Waals surface area contributed by atoms with Crippen LogP contribution in [0.4, 0.5) is 0 Å². The fourth-order valence-corrected chi connectivity index (χ4v) is 5.38. The summed E-state index contributed by atoms with van der Waals surface area (Å²) in [5.41, 5.74) is 6.52. The lowest BCUT2D eigenvalue weighted by Crippen LogP contribution is -2.35. The molecule has 1 heterocycles. The van der Waals surface area contributed by atoms with E-state index in [1.165, 1.54) is 22.3 Å². The van der Waals surface area contributed by atoms with E-state index >= 15 is 0 Å². The topological polar surface area (TPSA) is 23.6 Å². The molecule has 0 amide bonds. The third kappa shape index (κ3) is 5.25. The predicted octanol–water partition coefficient (Wildman–Crippen LogP) is 8.11. The van der Waals surface area contributed by atoms with E-state index in [4.69, 9.17) is 0 Å². The molecule has 0 spiro atoms. The second kappa shape index (κ2) is 11.2. The smallest absolute Gasteiger partial charge is 0.189 e. The summed E-state index contributed by atoms with van der Waals surface area (Å²) in [6.45, 7) is 0.595. The molecule has 0 aromatic heterocycles. The fraction of sp³-hybridized carbons (Fsp3) is 0.0833. The first-order chi connectivity index (χ1) is 19.3. The summed E-state index contributed by atoms with van der Waals surface area (Å²) in [6, 6.07) is 49.1. The molecular weight excluding hydrogens is 476 g/mol. The molecule has 2 atom stereocenters. The van der Waals surface area contributed by atoms with Crippen LogP contribution >= 0.6 is 0 Å². The van der Waals surface area contributed by atoms with Gasteiger partial charge in [0.2, 0.25) is 0 Å². The molecule has 5 aromatic carbocycles. The number of benzene rings is 5. The molecule has 0 radical (unpaired) electrons. The van der Waals surface area contributed by atoms with Gasteiger partial charge in [0.1, 0.15) is 6.04 Å². The highest BCUT2D eigenvalue weighted by atomic mass is 16.1. The molecule has 0 saturated heterocycles. The van der Waals surface area contributed by atoms with Crippen molar-refractivity contribution in [2.75, 3.05) is 6.67 Å². The maximum absolute atomic E-state index is 13.8. The Morgan fingerprint density at radius 1 is 0.487 bits per heavy atom. The maximum Gasteiger partial charge on any atom is 0.189 e. The van der Waals surface area contributed by atoms with Crippen molar-refractivity contribution in [1.82, 2.24) is 9.80 Å². The van der Waals surface area contributed by atoms with Crippen molar-refractivity contribution in [2.45, 2.75) is 12.1 Å². The minimum atomic E-state index is -0.410. The molecule has 0 N–H and O–H groups in total. The van der Waals surface area contributed by atoms with Gasteiger partial charge in [-0.3, -0.25) is 4.79 Å². The minimum absolute atomic E-state index is 0.0144. The van der Waals surface area contributed by atoms with Crippen molar-refractivity contribution >= 4 is 5.78 Å². The first-order valence-corrected chi connectivity index (χ1v) is 13.3. The van der Waals surface area contributed by atoms with Crippen LogP contribution in [-0.2, 0) is 0 Å². The van der Waals surface area contributed by atoms with E-state index < -0.39 is 6.04 Å². The van der Waals surface area contributed by atoms with Gasteiger partial charge in [-0.1, -0.05) is 146 Å². The van der Waals surface area contributed by atoms with Crippen LogP contribution in [0.5, 0.6) is 0 Å². The Labute approximate surface area is 230 Å².